The zero-order chi connectivity index (χ0) is 9.97. The molecule has 0 atom stereocenters. The zero-order valence-electron chi connectivity index (χ0n) is 7.69. The molecule has 2 heterocycles. The van der Waals surface area contributed by atoms with E-state index in [1.54, 1.807) is 12.3 Å². The number of amides is 2. The first-order chi connectivity index (χ1) is 6.77. The lowest BCUT2D eigenvalue weighted by Crippen LogP contribution is -2.39. The van der Waals surface area contributed by atoms with Crippen molar-refractivity contribution in [3.8, 4) is 0 Å². The lowest BCUT2D eigenvalue weighted by atomic mass is 10.1. The predicted molar refractivity (Wildman–Crippen MR) is 48.0 cm³/mol. The van der Waals surface area contributed by atoms with Gasteiger partial charge in [-0.25, -0.2) is 0 Å². The summed E-state index contributed by atoms with van der Waals surface area (Å²) < 4.78 is 0. The minimum Gasteiger partial charge on any atom is -0.281 e. The van der Waals surface area contributed by atoms with Crippen LogP contribution >= 0.6 is 0 Å². The molecule has 5 nitrogen and oxygen atoms in total. The Morgan fingerprint density at radius 2 is 2.07 bits per heavy atom. The highest BCUT2D eigenvalue weighted by molar-refractivity contribution is 5.97. The van der Waals surface area contributed by atoms with Crippen molar-refractivity contribution in [3.63, 3.8) is 0 Å². The van der Waals surface area contributed by atoms with Gasteiger partial charge >= 0.3 is 0 Å². The minimum atomic E-state index is -0.0872. The Balaban J connectivity index is 2.08. The molecule has 0 aromatic carbocycles. The summed E-state index contributed by atoms with van der Waals surface area (Å²) in [6.07, 6.45) is 3.23. The van der Waals surface area contributed by atoms with Gasteiger partial charge < -0.3 is 0 Å². The van der Waals surface area contributed by atoms with Crippen LogP contribution in [-0.2, 0) is 16.1 Å². The molecule has 5 heteroatoms. The number of hydrogen-bond donors (Lipinski definition) is 1. The van der Waals surface area contributed by atoms with Crippen LogP contribution in [0.15, 0.2) is 12.3 Å². The third-order valence-corrected chi connectivity index (χ3v) is 2.27. The Bertz CT molecular complexity index is 329. The fraction of sp³-hybridized carbons (Fsp3) is 0.444. The number of nitrogens with zero attached hydrogens (tertiary/aromatic N) is 2. The lowest BCUT2D eigenvalue weighted by molar-refractivity contribution is -0.148. The van der Waals surface area contributed by atoms with E-state index >= 15 is 0 Å². The average Bonchev–Trinajstić information content (AvgIpc) is 2.64. The maximum atomic E-state index is 11.4. The van der Waals surface area contributed by atoms with Crippen molar-refractivity contribution >= 4 is 11.8 Å². The van der Waals surface area contributed by atoms with Gasteiger partial charge in [-0.3, -0.25) is 19.6 Å². The number of imide groups is 1. The van der Waals surface area contributed by atoms with Crippen LogP contribution in [0.5, 0.6) is 0 Å². The normalized spacial score (nSPS) is 17.6. The molecule has 1 aliphatic rings. The summed E-state index contributed by atoms with van der Waals surface area (Å²) in [7, 11) is 0. The molecule has 74 valence electrons. The number of aromatic nitrogens is 2. The lowest BCUT2D eigenvalue weighted by Gasteiger charge is -2.23. The Hall–Kier alpha value is -1.65. The van der Waals surface area contributed by atoms with Crippen LogP contribution < -0.4 is 0 Å². The second-order valence-electron chi connectivity index (χ2n) is 3.31. The molecule has 0 unspecified atom stereocenters. The predicted octanol–water partition coefficient (Wildman–Crippen LogP) is 0.449. The molecule has 1 fully saturated rings. The van der Waals surface area contributed by atoms with E-state index in [0.717, 1.165) is 5.69 Å². The van der Waals surface area contributed by atoms with Gasteiger partial charge in [0.15, 0.2) is 0 Å². The quantitative estimate of drug-likeness (QED) is 0.693. The van der Waals surface area contributed by atoms with E-state index < -0.39 is 0 Å². The number of nitrogens with one attached hydrogen (secondary N) is 1. The monoisotopic (exact) mass is 193 g/mol. The fourth-order valence-corrected chi connectivity index (χ4v) is 1.52. The van der Waals surface area contributed by atoms with Gasteiger partial charge in [-0.05, 0) is 12.5 Å². The van der Waals surface area contributed by atoms with Crippen LogP contribution in [-0.4, -0.2) is 26.9 Å². The number of hydrogen-bond acceptors (Lipinski definition) is 3. The van der Waals surface area contributed by atoms with E-state index in [-0.39, 0.29) is 11.8 Å². The smallest absolute Gasteiger partial charge is 0.229 e. The van der Waals surface area contributed by atoms with Gasteiger partial charge in [0, 0.05) is 19.0 Å². The minimum absolute atomic E-state index is 0.0872. The Morgan fingerprint density at radius 3 is 2.64 bits per heavy atom. The summed E-state index contributed by atoms with van der Waals surface area (Å²) in [6.45, 7) is 0.317. The summed E-state index contributed by atoms with van der Waals surface area (Å²) >= 11 is 0. The number of carbonyl (C=O) groups is 2. The van der Waals surface area contributed by atoms with E-state index in [0.29, 0.717) is 25.8 Å². The highest BCUT2D eigenvalue weighted by Gasteiger charge is 2.25. The van der Waals surface area contributed by atoms with Crippen LogP contribution in [0.25, 0.3) is 0 Å². The highest BCUT2D eigenvalue weighted by atomic mass is 16.2. The zero-order valence-corrected chi connectivity index (χ0v) is 7.69. The van der Waals surface area contributed by atoms with E-state index in [4.69, 9.17) is 0 Å². The number of piperidine rings is 1. The Labute approximate surface area is 81.1 Å². The first-order valence-corrected chi connectivity index (χ1v) is 4.59. The number of likely N-dealkylation sites (tertiary alicyclic amines) is 1. The second kappa shape index (κ2) is 3.61. The highest BCUT2D eigenvalue weighted by Crippen LogP contribution is 2.14. The third-order valence-electron chi connectivity index (χ3n) is 2.27. The third kappa shape index (κ3) is 1.66. The van der Waals surface area contributed by atoms with Crippen molar-refractivity contribution in [3.05, 3.63) is 18.0 Å². The van der Waals surface area contributed by atoms with Crippen LogP contribution in [0.1, 0.15) is 25.0 Å². The van der Waals surface area contributed by atoms with E-state index in [1.807, 2.05) is 0 Å². The van der Waals surface area contributed by atoms with E-state index in [9.17, 15) is 9.59 Å². The van der Waals surface area contributed by atoms with Crippen LogP contribution in [0.2, 0.25) is 0 Å². The number of rotatable bonds is 2. The molecule has 0 aliphatic carbocycles. The summed E-state index contributed by atoms with van der Waals surface area (Å²) in [5, 5.41) is 6.49. The second-order valence-corrected chi connectivity index (χ2v) is 3.31. The topological polar surface area (TPSA) is 66.1 Å². The number of H-pyrrole nitrogens is 1. The molecule has 0 bridgehead atoms. The SMILES string of the molecule is O=C1CCCC(=O)N1Cc1ccn[nH]1. The van der Waals surface area contributed by atoms with Gasteiger partial charge in [-0.15, -0.1) is 0 Å². The van der Waals surface area contributed by atoms with Crippen LogP contribution in [0.4, 0.5) is 0 Å². The summed E-state index contributed by atoms with van der Waals surface area (Å²) in [6, 6.07) is 1.76. The first kappa shape index (κ1) is 8.93. The molecule has 1 saturated heterocycles. The largest absolute Gasteiger partial charge is 0.281 e. The molecule has 1 N–H and O–H groups in total. The van der Waals surface area contributed by atoms with Gasteiger partial charge in [0.25, 0.3) is 0 Å². The van der Waals surface area contributed by atoms with Crippen molar-refractivity contribution in [2.45, 2.75) is 25.8 Å². The summed E-state index contributed by atoms with van der Waals surface area (Å²) in [4.78, 5) is 24.1. The fourth-order valence-electron chi connectivity index (χ4n) is 1.52. The average molecular weight is 193 g/mol. The Morgan fingerprint density at radius 1 is 1.36 bits per heavy atom. The summed E-state index contributed by atoms with van der Waals surface area (Å²) in [5.74, 6) is -0.174. The van der Waals surface area contributed by atoms with Gasteiger partial charge in [0.05, 0.1) is 12.2 Å². The van der Waals surface area contributed by atoms with Gasteiger partial charge in [-0.2, -0.15) is 5.10 Å². The van der Waals surface area contributed by atoms with Gasteiger partial charge in [0.2, 0.25) is 11.8 Å². The molecule has 0 spiro atoms. The molecular formula is C9H11N3O2. The first-order valence-electron chi connectivity index (χ1n) is 4.59. The molecule has 2 amide bonds. The maximum Gasteiger partial charge on any atom is 0.229 e. The molecule has 0 saturated carbocycles. The van der Waals surface area contributed by atoms with E-state index in [1.165, 1.54) is 4.90 Å². The maximum absolute atomic E-state index is 11.4. The molecular weight excluding hydrogens is 182 g/mol. The Kier molecular flexibility index (Phi) is 2.30. The van der Waals surface area contributed by atoms with Gasteiger partial charge in [0.1, 0.15) is 0 Å². The summed E-state index contributed by atoms with van der Waals surface area (Å²) in [5.41, 5.74) is 0.786. The van der Waals surface area contributed by atoms with Crippen molar-refractivity contribution < 1.29 is 9.59 Å². The van der Waals surface area contributed by atoms with E-state index in [2.05, 4.69) is 10.2 Å². The van der Waals surface area contributed by atoms with Crippen LogP contribution in [0.3, 0.4) is 0 Å². The standard InChI is InChI=1S/C9H11N3O2/c13-8-2-1-3-9(14)12(8)6-7-4-5-10-11-7/h4-5H,1-3,6H2,(H,10,11). The molecule has 1 aromatic heterocycles. The van der Waals surface area contributed by atoms with Crippen molar-refractivity contribution in [1.29, 1.82) is 0 Å². The molecule has 2 rings (SSSR count). The molecule has 0 radical (unpaired) electrons. The van der Waals surface area contributed by atoms with Crippen molar-refractivity contribution in [2.75, 3.05) is 0 Å². The van der Waals surface area contributed by atoms with Gasteiger partial charge in [-0.1, -0.05) is 0 Å². The number of aromatic amines is 1. The van der Waals surface area contributed by atoms with Crippen molar-refractivity contribution in [2.24, 2.45) is 0 Å². The number of carbonyl (C=O) groups excluding carboxylic acids is 2. The molecule has 1 aliphatic heterocycles. The van der Waals surface area contributed by atoms with Crippen molar-refractivity contribution in [1.82, 2.24) is 15.1 Å². The molecule has 14 heavy (non-hydrogen) atoms. The van der Waals surface area contributed by atoms with Crippen LogP contribution in [0, 0.1) is 0 Å². The molecule has 1 aromatic rings.